The number of nitrogens with zero attached hydrogens (tertiary/aromatic N) is 1. The Balaban J connectivity index is 1.62. The van der Waals surface area contributed by atoms with Gasteiger partial charge in [-0.3, -0.25) is 9.69 Å². The third kappa shape index (κ3) is 5.85. The largest absolute Gasteiger partial charge is 0.483 e. The number of ether oxygens (including phenoxy) is 1. The van der Waals surface area contributed by atoms with E-state index in [1.54, 1.807) is 0 Å². The minimum absolute atomic E-state index is 0.0449. The first-order valence-electron chi connectivity index (χ1n) is 11.3. The molecule has 1 saturated heterocycles. The minimum Gasteiger partial charge on any atom is -0.483 e. The van der Waals surface area contributed by atoms with E-state index in [9.17, 15) is 4.79 Å². The van der Waals surface area contributed by atoms with Gasteiger partial charge in [-0.2, -0.15) is 0 Å². The number of benzene rings is 2. The Hall–Kier alpha value is -2.33. The third-order valence-electron chi connectivity index (χ3n) is 6.23. The van der Waals surface area contributed by atoms with Gasteiger partial charge in [-0.15, -0.1) is 0 Å². The van der Waals surface area contributed by atoms with Crippen molar-refractivity contribution >= 4 is 5.91 Å². The monoisotopic (exact) mass is 408 g/mol. The van der Waals surface area contributed by atoms with Crippen LogP contribution in [0, 0.1) is 13.8 Å². The van der Waals surface area contributed by atoms with Gasteiger partial charge in [-0.05, 0) is 74.0 Å². The van der Waals surface area contributed by atoms with Crippen molar-refractivity contribution in [2.45, 2.75) is 58.9 Å². The summed E-state index contributed by atoms with van der Waals surface area (Å²) in [5, 5.41) is 3.11. The highest BCUT2D eigenvalue weighted by Gasteiger charge is 2.23. The summed E-state index contributed by atoms with van der Waals surface area (Å²) < 4.78 is 5.78. The maximum atomic E-state index is 12.5. The standard InChI is InChI=1S/C26H36N2O2/c1-19(2)22-11-13-23(14-12-22)24(28-15-6-5-7-16-28)17-27-26(29)18-30-25-10-8-9-20(3)21(25)4/h8-14,19,24H,5-7,15-18H2,1-4H3,(H,27,29)/t24-/m0/s1. The van der Waals surface area contributed by atoms with E-state index in [1.165, 1.54) is 36.0 Å². The molecule has 30 heavy (non-hydrogen) atoms. The summed E-state index contributed by atoms with van der Waals surface area (Å²) in [4.78, 5) is 15.0. The highest BCUT2D eigenvalue weighted by Crippen LogP contribution is 2.26. The summed E-state index contributed by atoms with van der Waals surface area (Å²) in [6.45, 7) is 11.3. The number of rotatable bonds is 8. The van der Waals surface area contributed by atoms with Crippen LogP contribution in [0.3, 0.4) is 0 Å². The molecular formula is C26H36N2O2. The molecule has 4 heteroatoms. The smallest absolute Gasteiger partial charge is 0.258 e. The lowest BCUT2D eigenvalue weighted by atomic mass is 9.97. The molecule has 1 atom stereocenters. The first kappa shape index (κ1) is 22.4. The number of amides is 1. The van der Waals surface area contributed by atoms with Crippen LogP contribution in [0.25, 0.3) is 0 Å². The molecule has 1 fully saturated rings. The number of hydrogen-bond donors (Lipinski definition) is 1. The summed E-state index contributed by atoms with van der Waals surface area (Å²) in [6, 6.07) is 15.0. The lowest BCUT2D eigenvalue weighted by Crippen LogP contribution is -2.41. The normalized spacial score (nSPS) is 15.8. The lowest BCUT2D eigenvalue weighted by molar-refractivity contribution is -0.123. The molecule has 1 aliphatic heterocycles. The van der Waals surface area contributed by atoms with E-state index < -0.39 is 0 Å². The number of hydrogen-bond acceptors (Lipinski definition) is 3. The molecule has 0 bridgehead atoms. The van der Waals surface area contributed by atoms with Crippen molar-refractivity contribution in [2.24, 2.45) is 0 Å². The molecule has 0 spiro atoms. The molecule has 2 aromatic rings. The van der Waals surface area contributed by atoms with Gasteiger partial charge in [-0.1, -0.05) is 56.7 Å². The summed E-state index contributed by atoms with van der Waals surface area (Å²) in [6.07, 6.45) is 3.75. The summed E-state index contributed by atoms with van der Waals surface area (Å²) >= 11 is 0. The number of likely N-dealkylation sites (tertiary alicyclic amines) is 1. The Morgan fingerprint density at radius 3 is 2.33 bits per heavy atom. The fraction of sp³-hybridized carbons (Fsp3) is 0.500. The Bertz CT molecular complexity index is 823. The van der Waals surface area contributed by atoms with Crippen LogP contribution < -0.4 is 10.1 Å². The molecule has 2 aromatic carbocycles. The van der Waals surface area contributed by atoms with Crippen molar-refractivity contribution in [3.8, 4) is 5.75 Å². The van der Waals surface area contributed by atoms with E-state index in [4.69, 9.17) is 4.74 Å². The second-order valence-electron chi connectivity index (χ2n) is 8.72. The summed E-state index contributed by atoms with van der Waals surface area (Å²) in [5.74, 6) is 1.23. The second kappa shape index (κ2) is 10.6. The zero-order chi connectivity index (χ0) is 21.5. The van der Waals surface area contributed by atoms with Crippen LogP contribution in [0.2, 0.25) is 0 Å². The average Bonchev–Trinajstić information content (AvgIpc) is 2.76. The van der Waals surface area contributed by atoms with Crippen LogP contribution in [0.15, 0.2) is 42.5 Å². The number of carbonyl (C=O) groups is 1. The van der Waals surface area contributed by atoms with E-state index >= 15 is 0 Å². The van der Waals surface area contributed by atoms with E-state index in [1.807, 2.05) is 19.1 Å². The maximum Gasteiger partial charge on any atom is 0.258 e. The van der Waals surface area contributed by atoms with Crippen LogP contribution >= 0.6 is 0 Å². The summed E-state index contributed by atoms with van der Waals surface area (Å²) in [5.41, 5.74) is 4.88. The highest BCUT2D eigenvalue weighted by molar-refractivity contribution is 5.77. The zero-order valence-corrected chi connectivity index (χ0v) is 18.9. The first-order chi connectivity index (χ1) is 14.5. The molecule has 3 rings (SSSR count). The van der Waals surface area contributed by atoms with Crippen LogP contribution in [-0.2, 0) is 4.79 Å². The fourth-order valence-corrected chi connectivity index (χ4v) is 4.08. The van der Waals surface area contributed by atoms with Crippen LogP contribution in [0.5, 0.6) is 5.75 Å². The lowest BCUT2D eigenvalue weighted by Gasteiger charge is -2.35. The number of nitrogens with one attached hydrogen (secondary N) is 1. The predicted molar refractivity (Wildman–Crippen MR) is 123 cm³/mol. The first-order valence-corrected chi connectivity index (χ1v) is 11.3. The zero-order valence-electron chi connectivity index (χ0n) is 18.9. The molecule has 1 N–H and O–H groups in total. The average molecular weight is 409 g/mol. The topological polar surface area (TPSA) is 41.6 Å². The van der Waals surface area contributed by atoms with Gasteiger partial charge in [0.2, 0.25) is 0 Å². The Morgan fingerprint density at radius 1 is 1.00 bits per heavy atom. The molecule has 0 aromatic heterocycles. The van der Waals surface area contributed by atoms with E-state index in [2.05, 4.69) is 61.3 Å². The predicted octanol–water partition coefficient (Wildman–Crippen LogP) is 5.15. The van der Waals surface area contributed by atoms with Gasteiger partial charge in [0.1, 0.15) is 5.75 Å². The van der Waals surface area contributed by atoms with Crippen molar-refractivity contribution in [1.82, 2.24) is 10.2 Å². The Kier molecular flexibility index (Phi) is 7.92. The van der Waals surface area contributed by atoms with Crippen molar-refractivity contribution in [3.63, 3.8) is 0 Å². The minimum atomic E-state index is -0.0725. The molecule has 4 nitrogen and oxygen atoms in total. The molecular weight excluding hydrogens is 372 g/mol. The number of aryl methyl sites for hydroxylation is 1. The van der Waals surface area contributed by atoms with Gasteiger partial charge in [0.25, 0.3) is 5.91 Å². The van der Waals surface area contributed by atoms with E-state index in [0.29, 0.717) is 12.5 Å². The van der Waals surface area contributed by atoms with Gasteiger partial charge in [0.15, 0.2) is 6.61 Å². The molecule has 1 aliphatic rings. The van der Waals surface area contributed by atoms with Crippen LogP contribution in [0.4, 0.5) is 0 Å². The van der Waals surface area contributed by atoms with Gasteiger partial charge >= 0.3 is 0 Å². The molecule has 162 valence electrons. The van der Waals surface area contributed by atoms with Gasteiger partial charge in [0.05, 0.1) is 6.04 Å². The molecule has 0 unspecified atom stereocenters. The third-order valence-corrected chi connectivity index (χ3v) is 6.23. The van der Waals surface area contributed by atoms with Crippen LogP contribution in [0.1, 0.15) is 67.3 Å². The number of carbonyl (C=O) groups excluding carboxylic acids is 1. The molecule has 0 saturated carbocycles. The van der Waals surface area contributed by atoms with E-state index in [0.717, 1.165) is 24.4 Å². The highest BCUT2D eigenvalue weighted by atomic mass is 16.5. The molecule has 1 heterocycles. The Morgan fingerprint density at radius 2 is 1.67 bits per heavy atom. The van der Waals surface area contributed by atoms with Gasteiger partial charge in [0, 0.05) is 6.54 Å². The second-order valence-corrected chi connectivity index (χ2v) is 8.72. The van der Waals surface area contributed by atoms with Crippen molar-refractivity contribution in [3.05, 3.63) is 64.7 Å². The molecule has 1 amide bonds. The Labute approximate surface area is 181 Å². The van der Waals surface area contributed by atoms with Crippen molar-refractivity contribution < 1.29 is 9.53 Å². The molecule has 0 aliphatic carbocycles. The summed E-state index contributed by atoms with van der Waals surface area (Å²) in [7, 11) is 0. The maximum absolute atomic E-state index is 12.5. The quantitative estimate of drug-likeness (QED) is 0.657. The molecule has 0 radical (unpaired) electrons. The fourth-order valence-electron chi connectivity index (χ4n) is 4.08. The van der Waals surface area contributed by atoms with Crippen molar-refractivity contribution in [2.75, 3.05) is 26.2 Å². The van der Waals surface area contributed by atoms with Crippen LogP contribution in [-0.4, -0.2) is 37.0 Å². The van der Waals surface area contributed by atoms with Crippen molar-refractivity contribution in [1.29, 1.82) is 0 Å². The SMILES string of the molecule is Cc1cccc(OCC(=O)NC[C@@H](c2ccc(C(C)C)cc2)N2CCCCC2)c1C. The van der Waals surface area contributed by atoms with Gasteiger partial charge in [-0.25, -0.2) is 0 Å². The van der Waals surface area contributed by atoms with Gasteiger partial charge < -0.3 is 10.1 Å². The number of piperidine rings is 1. The van der Waals surface area contributed by atoms with E-state index in [-0.39, 0.29) is 18.6 Å².